The summed E-state index contributed by atoms with van der Waals surface area (Å²) in [6.45, 7) is 2.24. The number of rotatable bonds is 6. The fourth-order valence-electron chi connectivity index (χ4n) is 4.42. The highest BCUT2D eigenvalue weighted by atomic mass is 32.2. The summed E-state index contributed by atoms with van der Waals surface area (Å²) in [4.78, 5) is 34.7. The van der Waals surface area contributed by atoms with Gasteiger partial charge in [0.15, 0.2) is 0 Å². The molecular formula is C21H29N3O2S2. The van der Waals surface area contributed by atoms with Crippen LogP contribution in [0.3, 0.4) is 0 Å². The molecule has 1 amide bonds. The third kappa shape index (κ3) is 4.46. The summed E-state index contributed by atoms with van der Waals surface area (Å²) in [5, 5.41) is 4.02. The maximum Gasteiger partial charge on any atom is 0.259 e. The van der Waals surface area contributed by atoms with E-state index in [1.165, 1.54) is 36.1 Å². The molecule has 2 atom stereocenters. The van der Waals surface area contributed by atoms with Crippen molar-refractivity contribution in [3.63, 3.8) is 0 Å². The summed E-state index contributed by atoms with van der Waals surface area (Å²) >= 11 is 3.35. The lowest BCUT2D eigenvalue weighted by molar-refractivity contribution is -0.121. The van der Waals surface area contributed by atoms with Crippen LogP contribution in [0.15, 0.2) is 4.79 Å². The minimum atomic E-state index is 0.00373. The van der Waals surface area contributed by atoms with Crippen molar-refractivity contribution in [3.05, 3.63) is 26.6 Å². The molecule has 0 aromatic carbocycles. The van der Waals surface area contributed by atoms with Gasteiger partial charge in [0, 0.05) is 23.1 Å². The molecule has 28 heavy (non-hydrogen) atoms. The molecule has 2 aromatic rings. The molecule has 1 fully saturated rings. The Hall–Kier alpha value is -1.34. The topological polar surface area (TPSA) is 74.8 Å². The van der Waals surface area contributed by atoms with Gasteiger partial charge in [0.2, 0.25) is 5.91 Å². The molecule has 2 N–H and O–H groups in total. The number of amides is 1. The molecular weight excluding hydrogens is 390 g/mol. The van der Waals surface area contributed by atoms with E-state index in [1.807, 2.05) is 0 Å². The predicted molar refractivity (Wildman–Crippen MR) is 117 cm³/mol. The van der Waals surface area contributed by atoms with Crippen LogP contribution in [0.2, 0.25) is 0 Å². The average molecular weight is 420 g/mol. The first-order valence-corrected chi connectivity index (χ1v) is 12.5. The maximum absolute atomic E-state index is 12.6. The van der Waals surface area contributed by atoms with E-state index in [0.29, 0.717) is 24.1 Å². The second-order valence-corrected chi connectivity index (χ2v) is 10.3. The van der Waals surface area contributed by atoms with E-state index in [4.69, 9.17) is 4.98 Å². The minimum absolute atomic E-state index is 0.00373. The van der Waals surface area contributed by atoms with Gasteiger partial charge < -0.3 is 10.3 Å². The zero-order valence-corrected chi connectivity index (χ0v) is 18.1. The molecule has 0 aliphatic heterocycles. The molecule has 2 unspecified atom stereocenters. The SMILES string of the molecule is CC1CCCCC1NC(=O)CCSCc1nc2sc3c(c2c(=O)[nH]1)CCCC3. The summed E-state index contributed by atoms with van der Waals surface area (Å²) < 4.78 is 0. The van der Waals surface area contributed by atoms with Gasteiger partial charge in [-0.3, -0.25) is 9.59 Å². The predicted octanol–water partition coefficient (Wildman–Crippen LogP) is 4.18. The number of thioether (sulfide) groups is 1. The number of hydrogen-bond donors (Lipinski definition) is 2. The van der Waals surface area contributed by atoms with Crippen LogP contribution in [0.25, 0.3) is 10.2 Å². The van der Waals surface area contributed by atoms with Crippen molar-refractivity contribution >= 4 is 39.2 Å². The van der Waals surface area contributed by atoms with Crippen molar-refractivity contribution in [1.82, 2.24) is 15.3 Å². The van der Waals surface area contributed by atoms with Gasteiger partial charge >= 0.3 is 0 Å². The Balaban J connectivity index is 1.30. The minimum Gasteiger partial charge on any atom is -0.353 e. The summed E-state index contributed by atoms with van der Waals surface area (Å²) in [7, 11) is 0. The second kappa shape index (κ2) is 8.99. The van der Waals surface area contributed by atoms with E-state index in [0.717, 1.165) is 47.5 Å². The first-order valence-electron chi connectivity index (χ1n) is 10.5. The van der Waals surface area contributed by atoms with Gasteiger partial charge in [-0.1, -0.05) is 19.8 Å². The number of nitrogens with zero attached hydrogens (tertiary/aromatic N) is 1. The van der Waals surface area contributed by atoms with Crippen LogP contribution < -0.4 is 10.9 Å². The maximum atomic E-state index is 12.6. The van der Waals surface area contributed by atoms with Crippen molar-refractivity contribution in [1.29, 1.82) is 0 Å². The Morgan fingerprint density at radius 2 is 2.07 bits per heavy atom. The van der Waals surface area contributed by atoms with Crippen LogP contribution >= 0.6 is 23.1 Å². The van der Waals surface area contributed by atoms with Gasteiger partial charge in [-0.25, -0.2) is 4.98 Å². The first kappa shape index (κ1) is 20.0. The molecule has 0 saturated heterocycles. The molecule has 1 saturated carbocycles. The van der Waals surface area contributed by atoms with Crippen molar-refractivity contribution in [2.24, 2.45) is 5.92 Å². The number of aryl methyl sites for hydroxylation is 2. The lowest BCUT2D eigenvalue weighted by Gasteiger charge is -2.29. The molecule has 2 aliphatic rings. The smallest absolute Gasteiger partial charge is 0.259 e. The number of thiophene rings is 1. The van der Waals surface area contributed by atoms with Crippen LogP contribution in [0.5, 0.6) is 0 Å². The Morgan fingerprint density at radius 3 is 2.93 bits per heavy atom. The molecule has 4 rings (SSSR count). The largest absolute Gasteiger partial charge is 0.353 e. The molecule has 7 heteroatoms. The van der Waals surface area contributed by atoms with E-state index >= 15 is 0 Å². The van der Waals surface area contributed by atoms with Gasteiger partial charge in [-0.05, 0) is 50.0 Å². The third-order valence-corrected chi connectivity index (χ3v) is 8.20. The van der Waals surface area contributed by atoms with Gasteiger partial charge in [-0.2, -0.15) is 11.8 Å². The molecule has 0 bridgehead atoms. The summed E-state index contributed by atoms with van der Waals surface area (Å²) in [6, 6.07) is 0.344. The number of hydrogen-bond acceptors (Lipinski definition) is 5. The summed E-state index contributed by atoms with van der Waals surface area (Å²) in [5.41, 5.74) is 1.23. The summed E-state index contributed by atoms with van der Waals surface area (Å²) in [5.74, 6) is 2.84. The molecule has 152 valence electrons. The number of aromatic amines is 1. The second-order valence-electron chi connectivity index (χ2n) is 8.14. The van der Waals surface area contributed by atoms with Gasteiger partial charge in [-0.15, -0.1) is 11.3 Å². The Bertz CT molecular complexity index is 905. The van der Waals surface area contributed by atoms with E-state index in [9.17, 15) is 9.59 Å². The third-order valence-electron chi connectivity index (χ3n) is 6.04. The van der Waals surface area contributed by atoms with E-state index in [2.05, 4.69) is 17.2 Å². The summed E-state index contributed by atoms with van der Waals surface area (Å²) in [6.07, 6.45) is 9.80. The van der Waals surface area contributed by atoms with Crippen molar-refractivity contribution in [2.75, 3.05) is 5.75 Å². The highest BCUT2D eigenvalue weighted by Crippen LogP contribution is 2.33. The highest BCUT2D eigenvalue weighted by Gasteiger charge is 2.23. The van der Waals surface area contributed by atoms with Crippen LogP contribution in [-0.2, 0) is 23.4 Å². The van der Waals surface area contributed by atoms with Gasteiger partial charge in [0.25, 0.3) is 5.56 Å². The van der Waals surface area contributed by atoms with Crippen molar-refractivity contribution in [3.8, 4) is 0 Å². The van der Waals surface area contributed by atoms with Crippen LogP contribution in [0.1, 0.15) is 68.1 Å². The molecule has 2 aliphatic carbocycles. The number of fused-ring (bicyclic) bond motifs is 3. The lowest BCUT2D eigenvalue weighted by Crippen LogP contribution is -2.41. The van der Waals surface area contributed by atoms with Crippen LogP contribution in [0.4, 0.5) is 0 Å². The van der Waals surface area contributed by atoms with Crippen molar-refractivity contribution < 1.29 is 4.79 Å². The molecule has 5 nitrogen and oxygen atoms in total. The Morgan fingerprint density at radius 1 is 1.25 bits per heavy atom. The molecule has 2 aromatic heterocycles. The van der Waals surface area contributed by atoms with Crippen LogP contribution in [0, 0.1) is 5.92 Å². The number of aromatic nitrogens is 2. The normalized spacial score (nSPS) is 22.2. The fraction of sp³-hybridized carbons (Fsp3) is 0.667. The average Bonchev–Trinajstić information content (AvgIpc) is 3.06. The van der Waals surface area contributed by atoms with Crippen molar-refractivity contribution in [2.45, 2.75) is 76.5 Å². The highest BCUT2D eigenvalue weighted by molar-refractivity contribution is 7.98. The molecule has 0 spiro atoms. The van der Waals surface area contributed by atoms with E-state index < -0.39 is 0 Å². The lowest BCUT2D eigenvalue weighted by atomic mass is 9.86. The molecule has 2 heterocycles. The standard InChI is InChI=1S/C21H29N3O2S2/c1-13-6-2-4-8-15(13)22-18(25)10-11-27-12-17-23-20(26)19-14-7-3-5-9-16(14)28-21(19)24-17/h13,15H,2-12H2,1H3,(H,22,25)(H,23,24,26). The number of nitrogens with one attached hydrogen (secondary N) is 2. The monoisotopic (exact) mass is 419 g/mol. The number of carbonyl (C=O) groups excluding carboxylic acids is 1. The molecule has 0 radical (unpaired) electrons. The Kier molecular flexibility index (Phi) is 6.41. The zero-order valence-electron chi connectivity index (χ0n) is 16.5. The van der Waals surface area contributed by atoms with E-state index in [-0.39, 0.29) is 11.5 Å². The Labute approximate surface area is 174 Å². The quantitative estimate of drug-likeness (QED) is 0.689. The van der Waals surface area contributed by atoms with Gasteiger partial charge in [0.05, 0.1) is 11.1 Å². The number of H-pyrrole nitrogens is 1. The van der Waals surface area contributed by atoms with Gasteiger partial charge in [0.1, 0.15) is 10.7 Å². The fourth-order valence-corrected chi connectivity index (χ4v) is 6.51. The van der Waals surface area contributed by atoms with E-state index in [1.54, 1.807) is 23.1 Å². The van der Waals surface area contributed by atoms with Crippen LogP contribution in [-0.4, -0.2) is 27.7 Å². The zero-order chi connectivity index (χ0) is 19.5. The number of carbonyl (C=O) groups is 1. The first-order chi connectivity index (χ1) is 13.6.